The van der Waals surface area contributed by atoms with Gasteiger partial charge < -0.3 is 5.32 Å². The smallest absolute Gasteiger partial charge is 0.214 e. The van der Waals surface area contributed by atoms with Crippen LogP contribution in [0.5, 0.6) is 0 Å². The van der Waals surface area contributed by atoms with E-state index >= 15 is 0 Å². The van der Waals surface area contributed by atoms with Crippen LogP contribution in [0.4, 0.5) is 10.1 Å². The molecule has 88 valence electrons. The lowest BCUT2D eigenvalue weighted by molar-refractivity contribution is 0.232. The number of nitrogens with zero attached hydrogens (tertiary/aromatic N) is 1. The van der Waals surface area contributed by atoms with Crippen molar-refractivity contribution in [1.82, 2.24) is 4.98 Å². The Morgan fingerprint density at radius 1 is 1.38 bits per heavy atom. The van der Waals surface area contributed by atoms with Crippen molar-refractivity contribution in [1.29, 1.82) is 0 Å². The normalized spacial score (nSPS) is 20.7. The Kier molecular flexibility index (Phi) is 3.13. The van der Waals surface area contributed by atoms with Crippen LogP contribution in [0.25, 0.3) is 0 Å². The standard InChI is InChI=1S/C13H19FN2/c1-13(2)6-3-10(4-7-13)16-11-5-8-15-12(14)9-11/h5,8-10H,3-4,6-7H2,1-2H3,(H,15,16). The van der Waals surface area contributed by atoms with Crippen molar-refractivity contribution in [3.8, 4) is 0 Å². The van der Waals surface area contributed by atoms with Gasteiger partial charge in [-0.05, 0) is 37.2 Å². The quantitative estimate of drug-likeness (QED) is 0.773. The maximum atomic E-state index is 12.9. The summed E-state index contributed by atoms with van der Waals surface area (Å²) in [5, 5.41) is 3.38. The molecule has 1 saturated carbocycles. The van der Waals surface area contributed by atoms with E-state index in [1.54, 1.807) is 0 Å². The SMILES string of the molecule is CC1(C)CCC(Nc2ccnc(F)c2)CC1. The van der Waals surface area contributed by atoms with Gasteiger partial charge in [-0.15, -0.1) is 0 Å². The molecule has 1 aromatic heterocycles. The van der Waals surface area contributed by atoms with E-state index in [9.17, 15) is 4.39 Å². The maximum absolute atomic E-state index is 12.9. The average molecular weight is 222 g/mol. The molecule has 1 aliphatic carbocycles. The first kappa shape index (κ1) is 11.4. The molecule has 1 fully saturated rings. The van der Waals surface area contributed by atoms with Gasteiger partial charge >= 0.3 is 0 Å². The summed E-state index contributed by atoms with van der Waals surface area (Å²) in [6.07, 6.45) is 6.30. The molecule has 16 heavy (non-hydrogen) atoms. The second-order valence-corrected chi connectivity index (χ2v) is 5.45. The average Bonchev–Trinajstić information content (AvgIpc) is 2.21. The summed E-state index contributed by atoms with van der Waals surface area (Å²) in [7, 11) is 0. The number of rotatable bonds is 2. The van der Waals surface area contributed by atoms with Gasteiger partial charge in [-0.25, -0.2) is 4.98 Å². The Labute approximate surface area is 96.3 Å². The van der Waals surface area contributed by atoms with Gasteiger partial charge in [-0.1, -0.05) is 13.8 Å². The second kappa shape index (κ2) is 4.40. The van der Waals surface area contributed by atoms with E-state index in [-0.39, 0.29) is 0 Å². The monoisotopic (exact) mass is 222 g/mol. The molecule has 0 spiro atoms. The van der Waals surface area contributed by atoms with Crippen LogP contribution in [0.3, 0.4) is 0 Å². The third-order valence-corrected chi connectivity index (χ3v) is 3.44. The Morgan fingerprint density at radius 3 is 2.69 bits per heavy atom. The summed E-state index contributed by atoms with van der Waals surface area (Å²) >= 11 is 0. The molecule has 0 aromatic carbocycles. The third-order valence-electron chi connectivity index (χ3n) is 3.44. The Hall–Kier alpha value is -1.12. The minimum absolute atomic E-state index is 0.416. The van der Waals surface area contributed by atoms with Crippen LogP contribution < -0.4 is 5.32 Å². The molecule has 1 heterocycles. The molecule has 0 aliphatic heterocycles. The lowest BCUT2D eigenvalue weighted by Gasteiger charge is -2.35. The number of halogens is 1. The summed E-state index contributed by atoms with van der Waals surface area (Å²) in [6, 6.07) is 3.76. The van der Waals surface area contributed by atoms with E-state index in [1.165, 1.54) is 25.1 Å². The van der Waals surface area contributed by atoms with Crippen LogP contribution in [0.1, 0.15) is 39.5 Å². The molecular weight excluding hydrogens is 203 g/mol. The number of aromatic nitrogens is 1. The van der Waals surface area contributed by atoms with E-state index in [2.05, 4.69) is 24.1 Å². The van der Waals surface area contributed by atoms with Crippen LogP contribution in [0.2, 0.25) is 0 Å². The molecule has 0 radical (unpaired) electrons. The first-order valence-electron chi connectivity index (χ1n) is 5.93. The number of pyridine rings is 1. The van der Waals surface area contributed by atoms with E-state index < -0.39 is 5.95 Å². The van der Waals surface area contributed by atoms with Crippen molar-refractivity contribution in [3.63, 3.8) is 0 Å². The van der Waals surface area contributed by atoms with Crippen LogP contribution >= 0.6 is 0 Å². The van der Waals surface area contributed by atoms with Crippen molar-refractivity contribution >= 4 is 5.69 Å². The minimum Gasteiger partial charge on any atom is -0.382 e. The summed E-state index contributed by atoms with van der Waals surface area (Å²) in [5.41, 5.74) is 1.32. The van der Waals surface area contributed by atoms with Gasteiger partial charge in [-0.3, -0.25) is 0 Å². The molecule has 3 heteroatoms. The first-order valence-corrected chi connectivity index (χ1v) is 5.93. The molecule has 1 N–H and O–H groups in total. The molecule has 0 unspecified atom stereocenters. The van der Waals surface area contributed by atoms with E-state index in [0.29, 0.717) is 11.5 Å². The molecule has 0 bridgehead atoms. The Bertz CT molecular complexity index is 353. The second-order valence-electron chi connectivity index (χ2n) is 5.45. The van der Waals surface area contributed by atoms with Gasteiger partial charge in [0.2, 0.25) is 5.95 Å². The van der Waals surface area contributed by atoms with E-state index in [1.807, 2.05) is 6.07 Å². The van der Waals surface area contributed by atoms with Gasteiger partial charge in [0.25, 0.3) is 0 Å². The highest BCUT2D eigenvalue weighted by Gasteiger charge is 2.26. The number of nitrogens with one attached hydrogen (secondary N) is 1. The number of hydrogen-bond acceptors (Lipinski definition) is 2. The van der Waals surface area contributed by atoms with Gasteiger partial charge in [0.1, 0.15) is 0 Å². The molecule has 2 rings (SSSR count). The van der Waals surface area contributed by atoms with Crippen molar-refractivity contribution in [2.75, 3.05) is 5.32 Å². The van der Waals surface area contributed by atoms with Crippen molar-refractivity contribution in [2.24, 2.45) is 5.41 Å². The number of anilines is 1. The molecule has 0 saturated heterocycles. The van der Waals surface area contributed by atoms with Crippen LogP contribution in [0.15, 0.2) is 18.3 Å². The topological polar surface area (TPSA) is 24.9 Å². The zero-order valence-corrected chi connectivity index (χ0v) is 9.96. The highest BCUT2D eigenvalue weighted by atomic mass is 19.1. The molecule has 1 aliphatic rings. The summed E-state index contributed by atoms with van der Waals surface area (Å²) in [5.74, 6) is -0.416. The fraction of sp³-hybridized carbons (Fsp3) is 0.615. The highest BCUT2D eigenvalue weighted by Crippen LogP contribution is 2.35. The van der Waals surface area contributed by atoms with E-state index in [0.717, 1.165) is 18.5 Å². The fourth-order valence-corrected chi connectivity index (χ4v) is 2.27. The lowest BCUT2D eigenvalue weighted by Crippen LogP contribution is -2.29. The molecule has 1 aromatic rings. The van der Waals surface area contributed by atoms with Crippen LogP contribution in [-0.4, -0.2) is 11.0 Å². The van der Waals surface area contributed by atoms with Crippen molar-refractivity contribution in [3.05, 3.63) is 24.3 Å². The van der Waals surface area contributed by atoms with Crippen LogP contribution in [-0.2, 0) is 0 Å². The van der Waals surface area contributed by atoms with E-state index in [4.69, 9.17) is 0 Å². The van der Waals surface area contributed by atoms with Gasteiger partial charge in [0.15, 0.2) is 0 Å². The zero-order valence-electron chi connectivity index (χ0n) is 9.96. The predicted octanol–water partition coefficient (Wildman–Crippen LogP) is 3.60. The maximum Gasteiger partial charge on any atom is 0.214 e. The molecule has 0 atom stereocenters. The largest absolute Gasteiger partial charge is 0.382 e. The lowest BCUT2D eigenvalue weighted by atomic mass is 9.75. The molecule has 2 nitrogen and oxygen atoms in total. The third kappa shape index (κ3) is 2.94. The summed E-state index contributed by atoms with van der Waals surface area (Å²) < 4.78 is 12.9. The first-order chi connectivity index (χ1) is 7.55. The predicted molar refractivity (Wildman–Crippen MR) is 63.9 cm³/mol. The van der Waals surface area contributed by atoms with Crippen molar-refractivity contribution in [2.45, 2.75) is 45.6 Å². The van der Waals surface area contributed by atoms with Crippen molar-refractivity contribution < 1.29 is 4.39 Å². The Morgan fingerprint density at radius 2 is 2.06 bits per heavy atom. The minimum atomic E-state index is -0.416. The molecular formula is C13H19FN2. The molecule has 0 amide bonds. The number of hydrogen-bond donors (Lipinski definition) is 1. The Balaban J connectivity index is 1.92. The highest BCUT2D eigenvalue weighted by molar-refractivity contribution is 5.42. The van der Waals surface area contributed by atoms with Gasteiger partial charge in [-0.2, -0.15) is 4.39 Å². The fourth-order valence-electron chi connectivity index (χ4n) is 2.27. The van der Waals surface area contributed by atoms with Crippen LogP contribution in [0, 0.1) is 11.4 Å². The summed E-state index contributed by atoms with van der Waals surface area (Å²) in [6.45, 7) is 4.63. The van der Waals surface area contributed by atoms with Gasteiger partial charge in [0, 0.05) is 24.0 Å². The summed E-state index contributed by atoms with van der Waals surface area (Å²) in [4.78, 5) is 3.55. The zero-order chi connectivity index (χ0) is 11.6. The van der Waals surface area contributed by atoms with Gasteiger partial charge in [0.05, 0.1) is 0 Å².